The van der Waals surface area contributed by atoms with Crippen LogP contribution < -0.4 is 0 Å². The van der Waals surface area contributed by atoms with Crippen LogP contribution in [0, 0.1) is 0 Å². The van der Waals surface area contributed by atoms with Crippen LogP contribution in [0.4, 0.5) is 0 Å². The number of nitrogens with zero attached hydrogens (tertiary/aromatic N) is 2. The van der Waals surface area contributed by atoms with Crippen molar-refractivity contribution in [3.05, 3.63) is 59.4 Å². The van der Waals surface area contributed by atoms with E-state index in [1.54, 1.807) is 5.56 Å². The lowest BCUT2D eigenvalue weighted by molar-refractivity contribution is 0.227. The number of fused-ring (bicyclic) bond motifs is 3. The van der Waals surface area contributed by atoms with E-state index in [2.05, 4.69) is 59.1 Å². The average molecular weight is 252 g/mol. The van der Waals surface area contributed by atoms with Crippen molar-refractivity contribution in [2.24, 2.45) is 7.05 Å². The Morgan fingerprint density at radius 2 is 1.95 bits per heavy atom. The Labute approximate surface area is 114 Å². The molecule has 1 fully saturated rings. The molecular weight excluding hydrogens is 232 g/mol. The predicted octanol–water partition coefficient (Wildman–Crippen LogP) is 3.31. The minimum Gasteiger partial charge on any atom is -0.354 e. The van der Waals surface area contributed by atoms with Crippen LogP contribution in [0.5, 0.6) is 0 Å². The number of aromatic nitrogens is 1. The van der Waals surface area contributed by atoms with Gasteiger partial charge in [-0.05, 0) is 36.6 Å². The summed E-state index contributed by atoms with van der Waals surface area (Å²) in [6, 6.07) is 14.0. The first kappa shape index (κ1) is 11.3. The Balaban J connectivity index is 1.84. The zero-order chi connectivity index (χ0) is 12.8. The van der Waals surface area contributed by atoms with E-state index in [4.69, 9.17) is 0 Å². The molecule has 2 nitrogen and oxygen atoms in total. The van der Waals surface area contributed by atoms with Crippen LogP contribution in [0.3, 0.4) is 0 Å². The van der Waals surface area contributed by atoms with Gasteiger partial charge in [0, 0.05) is 37.4 Å². The van der Waals surface area contributed by atoms with E-state index in [0.717, 1.165) is 0 Å². The number of benzene rings is 1. The van der Waals surface area contributed by atoms with E-state index in [1.165, 1.54) is 37.2 Å². The molecule has 2 heteroatoms. The molecule has 2 unspecified atom stereocenters. The summed E-state index contributed by atoms with van der Waals surface area (Å²) in [6.07, 6.45) is 4.92. The van der Waals surface area contributed by atoms with Gasteiger partial charge in [0.15, 0.2) is 0 Å². The van der Waals surface area contributed by atoms with E-state index in [9.17, 15) is 0 Å². The molecule has 1 aromatic carbocycles. The molecular formula is C17H20N2. The van der Waals surface area contributed by atoms with Gasteiger partial charge in [-0.3, -0.25) is 4.90 Å². The Hall–Kier alpha value is -1.54. The summed E-state index contributed by atoms with van der Waals surface area (Å²) in [5, 5.41) is 0. The SMILES string of the molecule is Cn1ccc2c1C(c1ccccc1)CN1CCCC21. The highest BCUT2D eigenvalue weighted by Gasteiger charge is 2.37. The highest BCUT2D eigenvalue weighted by molar-refractivity contribution is 5.40. The first-order valence-corrected chi connectivity index (χ1v) is 7.28. The van der Waals surface area contributed by atoms with E-state index >= 15 is 0 Å². The maximum Gasteiger partial charge on any atom is 0.0373 e. The van der Waals surface area contributed by atoms with Crippen LogP contribution in [0.15, 0.2) is 42.6 Å². The van der Waals surface area contributed by atoms with Crippen molar-refractivity contribution in [1.82, 2.24) is 9.47 Å². The minimum absolute atomic E-state index is 0.533. The van der Waals surface area contributed by atoms with Crippen LogP contribution in [-0.4, -0.2) is 22.6 Å². The van der Waals surface area contributed by atoms with Crippen LogP contribution in [0.2, 0.25) is 0 Å². The number of rotatable bonds is 1. The molecule has 0 spiro atoms. The van der Waals surface area contributed by atoms with Crippen LogP contribution in [0.1, 0.15) is 41.6 Å². The Morgan fingerprint density at radius 1 is 1.11 bits per heavy atom. The molecule has 19 heavy (non-hydrogen) atoms. The normalized spacial score (nSPS) is 26.2. The third-order valence-corrected chi connectivity index (χ3v) is 4.83. The average Bonchev–Trinajstić information content (AvgIpc) is 3.05. The third-order valence-electron chi connectivity index (χ3n) is 4.83. The fraction of sp³-hybridized carbons (Fsp3) is 0.412. The predicted molar refractivity (Wildman–Crippen MR) is 77.2 cm³/mol. The van der Waals surface area contributed by atoms with Gasteiger partial charge in [-0.15, -0.1) is 0 Å². The fourth-order valence-corrected chi connectivity index (χ4v) is 3.96. The maximum atomic E-state index is 2.68. The molecule has 2 atom stereocenters. The van der Waals surface area contributed by atoms with Gasteiger partial charge in [-0.25, -0.2) is 0 Å². The van der Waals surface area contributed by atoms with Crippen molar-refractivity contribution in [3.63, 3.8) is 0 Å². The fourth-order valence-electron chi connectivity index (χ4n) is 3.96. The largest absolute Gasteiger partial charge is 0.354 e. The van der Waals surface area contributed by atoms with Gasteiger partial charge >= 0.3 is 0 Å². The lowest BCUT2D eigenvalue weighted by atomic mass is 9.86. The molecule has 1 aromatic heterocycles. The van der Waals surface area contributed by atoms with Gasteiger partial charge in [0.2, 0.25) is 0 Å². The van der Waals surface area contributed by atoms with Crippen molar-refractivity contribution in [1.29, 1.82) is 0 Å². The highest BCUT2D eigenvalue weighted by atomic mass is 15.2. The van der Waals surface area contributed by atoms with Crippen molar-refractivity contribution < 1.29 is 0 Å². The molecule has 2 aromatic rings. The summed E-state index contributed by atoms with van der Waals surface area (Å²) in [6.45, 7) is 2.45. The van der Waals surface area contributed by atoms with E-state index < -0.39 is 0 Å². The van der Waals surface area contributed by atoms with Crippen LogP contribution in [0.25, 0.3) is 0 Å². The topological polar surface area (TPSA) is 8.17 Å². The molecule has 4 rings (SSSR count). The second-order valence-electron chi connectivity index (χ2n) is 5.88. The molecule has 0 radical (unpaired) electrons. The molecule has 2 aliphatic heterocycles. The van der Waals surface area contributed by atoms with Crippen molar-refractivity contribution in [3.8, 4) is 0 Å². The van der Waals surface area contributed by atoms with Crippen LogP contribution >= 0.6 is 0 Å². The van der Waals surface area contributed by atoms with Gasteiger partial charge < -0.3 is 4.57 Å². The Bertz CT molecular complexity index is 585. The minimum atomic E-state index is 0.533. The summed E-state index contributed by atoms with van der Waals surface area (Å²) < 4.78 is 2.34. The standard InChI is InChI=1S/C17H20N2/c1-18-11-9-14-16-8-5-10-19(16)12-15(17(14)18)13-6-3-2-4-7-13/h2-4,6-7,9,11,15-16H,5,8,10,12H2,1H3. The van der Waals surface area contributed by atoms with E-state index in [-0.39, 0.29) is 0 Å². The van der Waals surface area contributed by atoms with Gasteiger partial charge in [0.1, 0.15) is 0 Å². The zero-order valence-electron chi connectivity index (χ0n) is 11.4. The molecule has 2 aliphatic rings. The third kappa shape index (κ3) is 1.67. The van der Waals surface area contributed by atoms with Gasteiger partial charge in [0.05, 0.1) is 0 Å². The first-order chi connectivity index (χ1) is 9.34. The highest BCUT2D eigenvalue weighted by Crippen LogP contribution is 2.44. The molecule has 0 saturated carbocycles. The quantitative estimate of drug-likeness (QED) is 0.756. The summed E-state index contributed by atoms with van der Waals surface area (Å²) >= 11 is 0. The Morgan fingerprint density at radius 3 is 2.79 bits per heavy atom. The summed E-state index contributed by atoms with van der Waals surface area (Å²) in [7, 11) is 2.19. The first-order valence-electron chi connectivity index (χ1n) is 7.28. The lowest BCUT2D eigenvalue weighted by Gasteiger charge is -2.36. The van der Waals surface area contributed by atoms with Gasteiger partial charge in [-0.2, -0.15) is 0 Å². The molecule has 0 bridgehead atoms. The summed E-state index contributed by atoms with van der Waals surface area (Å²) in [5.41, 5.74) is 4.56. The van der Waals surface area contributed by atoms with Crippen molar-refractivity contribution in [2.75, 3.05) is 13.1 Å². The summed E-state index contributed by atoms with van der Waals surface area (Å²) in [5.74, 6) is 0.533. The smallest absolute Gasteiger partial charge is 0.0373 e. The lowest BCUT2D eigenvalue weighted by Crippen LogP contribution is -2.35. The molecule has 3 heterocycles. The second-order valence-corrected chi connectivity index (χ2v) is 5.88. The zero-order valence-corrected chi connectivity index (χ0v) is 11.4. The van der Waals surface area contributed by atoms with Gasteiger partial charge in [0.25, 0.3) is 0 Å². The molecule has 1 saturated heterocycles. The van der Waals surface area contributed by atoms with E-state index in [0.29, 0.717) is 12.0 Å². The van der Waals surface area contributed by atoms with Crippen LogP contribution in [-0.2, 0) is 7.05 Å². The molecule has 98 valence electrons. The molecule has 0 amide bonds. The number of hydrogen-bond acceptors (Lipinski definition) is 1. The molecule has 0 N–H and O–H groups in total. The number of aryl methyl sites for hydroxylation is 1. The van der Waals surface area contributed by atoms with Crippen molar-refractivity contribution >= 4 is 0 Å². The monoisotopic (exact) mass is 252 g/mol. The number of hydrogen-bond donors (Lipinski definition) is 0. The summed E-state index contributed by atoms with van der Waals surface area (Å²) in [4.78, 5) is 2.68. The Kier molecular flexibility index (Phi) is 2.52. The van der Waals surface area contributed by atoms with E-state index in [1.807, 2.05) is 0 Å². The second kappa shape index (κ2) is 4.24. The molecule has 0 aliphatic carbocycles. The van der Waals surface area contributed by atoms with Gasteiger partial charge in [-0.1, -0.05) is 30.3 Å². The maximum absolute atomic E-state index is 2.68. The van der Waals surface area contributed by atoms with Crippen molar-refractivity contribution in [2.45, 2.75) is 24.8 Å².